The second kappa shape index (κ2) is 15.0. The van der Waals surface area contributed by atoms with E-state index in [0.29, 0.717) is 36.0 Å². The number of carbonyl (C=O) groups excluding carboxylic acids is 2. The molecule has 0 spiro atoms. The molecule has 0 fully saturated rings. The number of sulfonamides is 1. The molecule has 2 aromatic rings. The van der Waals surface area contributed by atoms with E-state index < -0.39 is 16.1 Å². The lowest BCUT2D eigenvalue weighted by atomic mass is 10.1. The van der Waals surface area contributed by atoms with E-state index >= 15 is 0 Å². The smallest absolute Gasteiger partial charge is 0.242 e. The summed E-state index contributed by atoms with van der Waals surface area (Å²) < 4.78 is 31.8. The Bertz CT molecular complexity index is 1160. The third kappa shape index (κ3) is 9.51. The van der Waals surface area contributed by atoms with Crippen molar-refractivity contribution in [2.24, 2.45) is 5.92 Å². The molecule has 0 heterocycles. The van der Waals surface area contributed by atoms with Gasteiger partial charge in [-0.15, -0.1) is 0 Å². The van der Waals surface area contributed by atoms with Crippen LogP contribution in [0.2, 0.25) is 5.02 Å². The van der Waals surface area contributed by atoms with E-state index in [1.165, 1.54) is 4.31 Å². The van der Waals surface area contributed by atoms with E-state index in [0.717, 1.165) is 11.8 Å². The fourth-order valence-electron chi connectivity index (χ4n) is 4.03. The number of nitrogens with zero attached hydrogens (tertiary/aromatic N) is 2. The number of amides is 2. The Morgan fingerprint density at radius 2 is 1.71 bits per heavy atom. The average molecular weight is 566 g/mol. The van der Waals surface area contributed by atoms with Crippen LogP contribution in [0.25, 0.3) is 0 Å². The van der Waals surface area contributed by atoms with Crippen molar-refractivity contribution in [2.45, 2.75) is 59.5 Å². The quantitative estimate of drug-likeness (QED) is 0.332. The maximum atomic E-state index is 13.5. The molecular weight excluding hydrogens is 526 g/mol. The van der Waals surface area contributed by atoms with Crippen LogP contribution in [0, 0.1) is 5.92 Å². The molecule has 0 unspecified atom stereocenters. The monoisotopic (exact) mass is 565 g/mol. The second-order valence-corrected chi connectivity index (χ2v) is 11.9. The summed E-state index contributed by atoms with van der Waals surface area (Å²) in [6.07, 6.45) is 1.92. The topological polar surface area (TPSA) is 96.0 Å². The Balaban J connectivity index is 2.20. The van der Waals surface area contributed by atoms with Crippen LogP contribution in [-0.2, 0) is 26.2 Å². The first-order valence-corrected chi connectivity index (χ1v) is 15.2. The van der Waals surface area contributed by atoms with Crippen molar-refractivity contribution < 1.29 is 22.7 Å². The Morgan fingerprint density at radius 1 is 1.05 bits per heavy atom. The van der Waals surface area contributed by atoms with Crippen LogP contribution in [-0.4, -0.2) is 57.1 Å². The van der Waals surface area contributed by atoms with Gasteiger partial charge in [0, 0.05) is 31.1 Å². The van der Waals surface area contributed by atoms with Gasteiger partial charge in [0.25, 0.3) is 0 Å². The molecule has 1 N–H and O–H groups in total. The summed E-state index contributed by atoms with van der Waals surface area (Å²) in [5.74, 6) is 0.468. The minimum Gasteiger partial charge on any atom is -0.494 e. The number of halogens is 1. The van der Waals surface area contributed by atoms with Crippen LogP contribution < -0.4 is 14.4 Å². The first-order valence-electron chi connectivity index (χ1n) is 13.0. The van der Waals surface area contributed by atoms with Crippen molar-refractivity contribution in [1.29, 1.82) is 0 Å². The highest BCUT2D eigenvalue weighted by molar-refractivity contribution is 7.92. The zero-order chi connectivity index (χ0) is 28.3. The van der Waals surface area contributed by atoms with E-state index in [2.05, 4.69) is 5.32 Å². The average Bonchev–Trinajstić information content (AvgIpc) is 2.86. The van der Waals surface area contributed by atoms with E-state index in [1.807, 2.05) is 45.9 Å². The van der Waals surface area contributed by atoms with Crippen LogP contribution in [0.15, 0.2) is 48.5 Å². The van der Waals surface area contributed by atoms with Gasteiger partial charge in [-0.3, -0.25) is 13.9 Å². The summed E-state index contributed by atoms with van der Waals surface area (Å²) in [5.41, 5.74) is 1.24. The Hall–Kier alpha value is -2.78. The summed E-state index contributed by atoms with van der Waals surface area (Å²) in [7, 11) is -3.58. The Labute approximate surface area is 232 Å². The summed E-state index contributed by atoms with van der Waals surface area (Å²) in [5, 5.41) is 3.45. The molecule has 0 aromatic heterocycles. The van der Waals surface area contributed by atoms with Crippen LogP contribution >= 0.6 is 11.6 Å². The normalized spacial score (nSPS) is 12.2. The number of rotatable bonds is 15. The molecule has 2 amide bonds. The third-order valence-electron chi connectivity index (χ3n) is 5.96. The lowest BCUT2D eigenvalue weighted by Gasteiger charge is -2.31. The molecule has 0 aliphatic heterocycles. The molecule has 8 nitrogen and oxygen atoms in total. The Morgan fingerprint density at radius 3 is 2.26 bits per heavy atom. The zero-order valence-electron chi connectivity index (χ0n) is 22.9. The predicted molar refractivity (Wildman–Crippen MR) is 153 cm³/mol. The highest BCUT2D eigenvalue weighted by Crippen LogP contribution is 2.24. The van der Waals surface area contributed by atoms with Gasteiger partial charge in [0.05, 0.1) is 18.6 Å². The van der Waals surface area contributed by atoms with Gasteiger partial charge in [0.15, 0.2) is 0 Å². The first kappa shape index (κ1) is 31.4. The van der Waals surface area contributed by atoms with Gasteiger partial charge in [0.2, 0.25) is 21.8 Å². The van der Waals surface area contributed by atoms with E-state index in [9.17, 15) is 18.0 Å². The molecule has 0 saturated heterocycles. The SMILES string of the molecule is CCOc1ccc(N(CCCC(=O)N(Cc2ccccc2Cl)[C@H](CC)C(=O)NCC(C)C)S(C)(=O)=O)cc1. The van der Waals surface area contributed by atoms with Crippen molar-refractivity contribution >= 4 is 39.1 Å². The molecule has 2 rings (SSSR count). The predicted octanol–water partition coefficient (Wildman–Crippen LogP) is 4.86. The molecule has 0 aliphatic rings. The molecule has 1 atom stereocenters. The van der Waals surface area contributed by atoms with Crippen LogP contribution in [0.5, 0.6) is 5.75 Å². The summed E-state index contributed by atoms with van der Waals surface area (Å²) in [6, 6.07) is 13.4. The molecule has 0 radical (unpaired) electrons. The summed E-state index contributed by atoms with van der Waals surface area (Å²) >= 11 is 6.38. The molecule has 38 heavy (non-hydrogen) atoms. The molecule has 0 saturated carbocycles. The minimum absolute atomic E-state index is 0.0709. The number of nitrogens with one attached hydrogen (secondary N) is 1. The number of benzene rings is 2. The van der Waals surface area contributed by atoms with Crippen molar-refractivity contribution in [3.8, 4) is 5.75 Å². The van der Waals surface area contributed by atoms with Gasteiger partial charge >= 0.3 is 0 Å². The minimum atomic E-state index is -3.58. The van der Waals surface area contributed by atoms with Crippen LogP contribution in [0.3, 0.4) is 0 Å². The van der Waals surface area contributed by atoms with Crippen molar-refractivity contribution in [2.75, 3.05) is 30.3 Å². The number of carbonyl (C=O) groups is 2. The maximum Gasteiger partial charge on any atom is 0.242 e. The second-order valence-electron chi connectivity index (χ2n) is 9.54. The number of anilines is 1. The lowest BCUT2D eigenvalue weighted by Crippen LogP contribution is -2.49. The zero-order valence-corrected chi connectivity index (χ0v) is 24.5. The van der Waals surface area contributed by atoms with Gasteiger partial charge < -0.3 is 15.0 Å². The summed E-state index contributed by atoms with van der Waals surface area (Å²) in [4.78, 5) is 28.1. The lowest BCUT2D eigenvalue weighted by molar-refractivity contribution is -0.141. The highest BCUT2D eigenvalue weighted by atomic mass is 35.5. The van der Waals surface area contributed by atoms with Gasteiger partial charge in [-0.1, -0.05) is 50.6 Å². The van der Waals surface area contributed by atoms with E-state index in [1.54, 1.807) is 35.2 Å². The molecule has 210 valence electrons. The van der Waals surface area contributed by atoms with Gasteiger partial charge in [-0.2, -0.15) is 0 Å². The van der Waals surface area contributed by atoms with Crippen molar-refractivity contribution in [1.82, 2.24) is 10.2 Å². The van der Waals surface area contributed by atoms with Crippen molar-refractivity contribution in [3.63, 3.8) is 0 Å². The van der Waals surface area contributed by atoms with Gasteiger partial charge in [-0.05, 0) is 61.6 Å². The highest BCUT2D eigenvalue weighted by Gasteiger charge is 2.29. The van der Waals surface area contributed by atoms with Crippen LogP contribution in [0.1, 0.15) is 52.5 Å². The fourth-order valence-corrected chi connectivity index (χ4v) is 5.19. The number of hydrogen-bond donors (Lipinski definition) is 1. The van der Waals surface area contributed by atoms with E-state index in [-0.39, 0.29) is 43.7 Å². The molecule has 10 heteroatoms. The maximum absolute atomic E-state index is 13.5. The third-order valence-corrected chi connectivity index (χ3v) is 7.52. The largest absolute Gasteiger partial charge is 0.494 e. The summed E-state index contributed by atoms with van der Waals surface area (Å²) in [6.45, 7) is 9.07. The van der Waals surface area contributed by atoms with E-state index in [4.69, 9.17) is 16.3 Å². The van der Waals surface area contributed by atoms with Crippen LogP contribution in [0.4, 0.5) is 5.69 Å². The number of hydrogen-bond acceptors (Lipinski definition) is 5. The van der Waals surface area contributed by atoms with Gasteiger partial charge in [-0.25, -0.2) is 8.42 Å². The first-order chi connectivity index (χ1) is 18.0. The number of ether oxygens (including phenoxy) is 1. The molecule has 0 bridgehead atoms. The standard InChI is InChI=1S/C28H40ClN3O5S/c1-6-26(28(34)30-19-21(3)4)31(20-22-11-8-9-12-25(22)29)27(33)13-10-18-32(38(5,35)36)23-14-16-24(17-15-23)37-7-2/h8-9,11-12,14-17,21,26H,6-7,10,13,18-20H2,1-5H3,(H,30,34)/t26-/m1/s1. The molecule has 2 aromatic carbocycles. The van der Waals surface area contributed by atoms with Gasteiger partial charge in [0.1, 0.15) is 11.8 Å². The van der Waals surface area contributed by atoms with Crippen molar-refractivity contribution in [3.05, 3.63) is 59.1 Å². The molecular formula is C28H40ClN3O5S. The molecule has 0 aliphatic carbocycles. The fraction of sp³-hybridized carbons (Fsp3) is 0.500. The Kier molecular flexibility index (Phi) is 12.4.